The van der Waals surface area contributed by atoms with Gasteiger partial charge in [0.15, 0.2) is 0 Å². The van der Waals surface area contributed by atoms with E-state index in [0.717, 1.165) is 47.9 Å². The third-order valence-electron chi connectivity index (χ3n) is 8.84. The lowest BCUT2D eigenvalue weighted by Gasteiger charge is -2.34. The van der Waals surface area contributed by atoms with E-state index in [1.54, 1.807) is 4.90 Å². The lowest BCUT2D eigenvalue weighted by molar-refractivity contribution is -0.142. The third kappa shape index (κ3) is 4.56. The Morgan fingerprint density at radius 2 is 1.64 bits per heavy atom. The van der Waals surface area contributed by atoms with Crippen LogP contribution in [0, 0.1) is 32.6 Å². The Balaban J connectivity index is 1.32. The van der Waals surface area contributed by atoms with E-state index >= 15 is 0 Å². The summed E-state index contributed by atoms with van der Waals surface area (Å²) in [5.74, 6) is -2.11. The Kier molecular flexibility index (Phi) is 6.58. The first-order valence-electron chi connectivity index (χ1n) is 14.2. The van der Waals surface area contributed by atoms with Crippen LogP contribution in [0.15, 0.2) is 54.6 Å². The van der Waals surface area contributed by atoms with Gasteiger partial charge >= 0.3 is 0 Å². The molecule has 4 aliphatic rings. The highest BCUT2D eigenvalue weighted by Crippen LogP contribution is 2.55. The lowest BCUT2D eigenvalue weighted by Crippen LogP contribution is -2.56. The topological polar surface area (TPSA) is 87.7 Å². The molecule has 5 atom stereocenters. The van der Waals surface area contributed by atoms with Crippen molar-refractivity contribution in [3.63, 3.8) is 0 Å². The zero-order valence-corrected chi connectivity index (χ0v) is 22.9. The van der Waals surface area contributed by atoms with Crippen LogP contribution in [0.2, 0.25) is 0 Å². The van der Waals surface area contributed by atoms with Gasteiger partial charge in [-0.3, -0.25) is 14.4 Å². The van der Waals surface area contributed by atoms with E-state index in [9.17, 15) is 14.4 Å². The molecule has 1 aliphatic carbocycles. The maximum absolute atomic E-state index is 14.2. The average Bonchev–Trinajstić information content (AvgIpc) is 3.53. The first-order valence-corrected chi connectivity index (χ1v) is 14.2. The molecule has 6 rings (SSSR count). The molecule has 2 aromatic rings. The Morgan fingerprint density at radius 1 is 0.949 bits per heavy atom. The number of carbonyl (C=O) groups excluding carboxylic acids is 3. The molecule has 7 heteroatoms. The monoisotopic (exact) mass is 527 g/mol. The number of aryl methyl sites for hydroxylation is 3. The number of rotatable bonds is 6. The van der Waals surface area contributed by atoms with E-state index in [1.165, 1.54) is 6.42 Å². The fourth-order valence-corrected chi connectivity index (χ4v) is 7.13. The lowest BCUT2D eigenvalue weighted by atomic mass is 9.74. The molecule has 3 heterocycles. The fourth-order valence-electron chi connectivity index (χ4n) is 7.13. The second-order valence-electron chi connectivity index (χ2n) is 11.9. The molecule has 2 saturated heterocycles. The fraction of sp³-hybridized carbons (Fsp3) is 0.469. The zero-order chi connectivity index (χ0) is 27.3. The number of benzene rings is 2. The van der Waals surface area contributed by atoms with E-state index in [1.807, 2.05) is 75.4 Å². The average molecular weight is 528 g/mol. The second kappa shape index (κ2) is 9.94. The van der Waals surface area contributed by atoms with Crippen LogP contribution < -0.4 is 10.6 Å². The Bertz CT molecular complexity index is 1310. The number of nitrogens with zero attached hydrogens (tertiary/aromatic N) is 1. The summed E-state index contributed by atoms with van der Waals surface area (Å²) in [6.45, 7) is 6.28. The van der Waals surface area contributed by atoms with Crippen molar-refractivity contribution in [1.82, 2.24) is 10.2 Å². The molecule has 1 saturated carbocycles. The highest BCUT2D eigenvalue weighted by Gasteiger charge is 2.72. The molecule has 1 spiro atoms. The summed E-state index contributed by atoms with van der Waals surface area (Å²) in [5, 5.41) is 6.28. The molecule has 2 bridgehead atoms. The number of nitrogens with one attached hydrogen (secondary N) is 2. The predicted molar refractivity (Wildman–Crippen MR) is 149 cm³/mol. The molecular formula is C32H37N3O4. The molecule has 3 amide bonds. The summed E-state index contributed by atoms with van der Waals surface area (Å²) in [6.07, 6.45) is 8.46. The standard InChI is InChI=1S/C32H37N3O4/c1-19-9-11-22(12-10-19)18-35-28(30(37)33-23-7-5-4-6-8-23)32-14-13-25(39-32)26(27(32)31(35)38)29(36)34-24-16-20(2)15-21(3)17-24/h9-17,23,25-28H,4-8,18H2,1-3H3,(H,33,37)(H,34,36)/t25-,26-,27-,28-,32-/m0/s1. The Hall–Kier alpha value is -3.45. The summed E-state index contributed by atoms with van der Waals surface area (Å²) in [6, 6.07) is 13.2. The van der Waals surface area contributed by atoms with E-state index in [4.69, 9.17) is 4.74 Å². The van der Waals surface area contributed by atoms with Gasteiger partial charge in [0.05, 0.1) is 17.9 Å². The van der Waals surface area contributed by atoms with Gasteiger partial charge in [0, 0.05) is 18.3 Å². The molecular weight excluding hydrogens is 490 g/mol. The van der Waals surface area contributed by atoms with Crippen LogP contribution >= 0.6 is 0 Å². The highest BCUT2D eigenvalue weighted by molar-refractivity contribution is 6.02. The van der Waals surface area contributed by atoms with Crippen molar-refractivity contribution in [2.45, 2.75) is 83.2 Å². The summed E-state index contributed by atoms with van der Waals surface area (Å²) in [5.41, 5.74) is 3.71. The van der Waals surface area contributed by atoms with Gasteiger partial charge < -0.3 is 20.3 Å². The van der Waals surface area contributed by atoms with Gasteiger partial charge in [-0.1, -0.05) is 67.3 Å². The van der Waals surface area contributed by atoms with E-state index in [2.05, 4.69) is 10.6 Å². The molecule has 7 nitrogen and oxygen atoms in total. The first-order chi connectivity index (χ1) is 18.7. The van der Waals surface area contributed by atoms with Crippen molar-refractivity contribution in [2.24, 2.45) is 11.8 Å². The Morgan fingerprint density at radius 3 is 2.33 bits per heavy atom. The minimum absolute atomic E-state index is 0.101. The number of hydrogen-bond acceptors (Lipinski definition) is 4. The third-order valence-corrected chi connectivity index (χ3v) is 8.84. The maximum Gasteiger partial charge on any atom is 0.246 e. The normalized spacial score (nSPS) is 29.5. The van der Waals surface area contributed by atoms with Crippen LogP contribution in [-0.4, -0.2) is 46.4 Å². The Labute approximate surface area is 230 Å². The van der Waals surface area contributed by atoms with Crippen molar-refractivity contribution in [1.29, 1.82) is 0 Å². The van der Waals surface area contributed by atoms with Gasteiger partial charge in [0.1, 0.15) is 11.6 Å². The summed E-state index contributed by atoms with van der Waals surface area (Å²) in [4.78, 5) is 43.5. The van der Waals surface area contributed by atoms with Gasteiger partial charge in [-0.15, -0.1) is 0 Å². The summed E-state index contributed by atoms with van der Waals surface area (Å²) >= 11 is 0. The summed E-state index contributed by atoms with van der Waals surface area (Å²) in [7, 11) is 0. The van der Waals surface area contributed by atoms with Crippen molar-refractivity contribution >= 4 is 23.4 Å². The molecule has 0 aromatic heterocycles. The van der Waals surface area contributed by atoms with Gasteiger partial charge in [0.2, 0.25) is 17.7 Å². The van der Waals surface area contributed by atoms with Gasteiger partial charge in [0.25, 0.3) is 0 Å². The number of anilines is 1. The molecule has 0 unspecified atom stereocenters. The number of ether oxygens (including phenoxy) is 1. The van der Waals surface area contributed by atoms with E-state index in [-0.39, 0.29) is 30.3 Å². The van der Waals surface area contributed by atoms with Crippen molar-refractivity contribution in [3.8, 4) is 0 Å². The van der Waals surface area contributed by atoms with Gasteiger partial charge in [-0.25, -0.2) is 0 Å². The predicted octanol–water partition coefficient (Wildman–Crippen LogP) is 4.35. The number of amides is 3. The number of likely N-dealkylation sites (tertiary alicyclic amines) is 1. The molecule has 0 radical (unpaired) electrons. The first kappa shape index (κ1) is 25.8. The summed E-state index contributed by atoms with van der Waals surface area (Å²) < 4.78 is 6.49. The molecule has 2 aromatic carbocycles. The smallest absolute Gasteiger partial charge is 0.246 e. The number of fused-ring (bicyclic) bond motifs is 1. The maximum atomic E-state index is 14.2. The highest BCUT2D eigenvalue weighted by atomic mass is 16.5. The van der Waals surface area contributed by atoms with Gasteiger partial charge in [-0.05, 0) is 62.4 Å². The van der Waals surface area contributed by atoms with E-state index in [0.29, 0.717) is 5.69 Å². The minimum atomic E-state index is -1.16. The van der Waals surface area contributed by atoms with Crippen LogP contribution in [0.3, 0.4) is 0 Å². The molecule has 204 valence electrons. The van der Waals surface area contributed by atoms with Crippen molar-refractivity contribution in [3.05, 3.63) is 76.9 Å². The largest absolute Gasteiger partial charge is 0.359 e. The minimum Gasteiger partial charge on any atom is -0.359 e. The molecule has 39 heavy (non-hydrogen) atoms. The van der Waals surface area contributed by atoms with Crippen LogP contribution in [0.5, 0.6) is 0 Å². The van der Waals surface area contributed by atoms with Crippen LogP contribution in [-0.2, 0) is 25.7 Å². The molecule has 3 fully saturated rings. The number of carbonyl (C=O) groups is 3. The number of hydrogen-bond donors (Lipinski definition) is 2. The van der Waals surface area contributed by atoms with Crippen LogP contribution in [0.1, 0.15) is 54.4 Å². The van der Waals surface area contributed by atoms with E-state index < -0.39 is 29.6 Å². The van der Waals surface area contributed by atoms with Crippen LogP contribution in [0.25, 0.3) is 0 Å². The second-order valence-corrected chi connectivity index (χ2v) is 11.9. The molecule has 2 N–H and O–H groups in total. The van der Waals surface area contributed by atoms with Crippen molar-refractivity contribution < 1.29 is 19.1 Å². The molecule has 3 aliphatic heterocycles. The SMILES string of the molecule is Cc1ccc(CN2C(=O)[C@@H]3[C@@H](C(=O)Nc4cc(C)cc(C)c4)[C@@H]4C=C[C@@]3(O4)[C@@H]2C(=O)NC2CCCCC2)cc1. The van der Waals surface area contributed by atoms with Crippen LogP contribution in [0.4, 0.5) is 5.69 Å². The van der Waals surface area contributed by atoms with Crippen molar-refractivity contribution in [2.75, 3.05) is 5.32 Å². The van der Waals surface area contributed by atoms with Gasteiger partial charge in [-0.2, -0.15) is 0 Å². The quantitative estimate of drug-likeness (QED) is 0.547. The zero-order valence-electron chi connectivity index (χ0n) is 22.9.